The third-order valence-corrected chi connectivity index (χ3v) is 5.35. The molecule has 10 heteroatoms. The van der Waals surface area contributed by atoms with Crippen molar-refractivity contribution in [3.8, 4) is 0 Å². The van der Waals surface area contributed by atoms with Gasteiger partial charge in [0.15, 0.2) is 0 Å². The van der Waals surface area contributed by atoms with Crippen LogP contribution in [0.3, 0.4) is 0 Å². The number of rotatable bonds is 2. The van der Waals surface area contributed by atoms with Gasteiger partial charge in [-0.15, -0.1) is 12.4 Å². The summed E-state index contributed by atoms with van der Waals surface area (Å²) in [5.41, 5.74) is -0.0484. The van der Waals surface area contributed by atoms with Gasteiger partial charge in [0.2, 0.25) is 10.0 Å². The first-order chi connectivity index (χ1) is 9.71. The molecule has 2 rings (SSSR count). The Morgan fingerprint density at radius 2 is 2.14 bits per heavy atom. The number of piperazine rings is 1. The van der Waals surface area contributed by atoms with E-state index in [0.29, 0.717) is 19.6 Å². The lowest BCUT2D eigenvalue weighted by Gasteiger charge is -2.34. The number of amides is 1. The van der Waals surface area contributed by atoms with Gasteiger partial charge in [0.05, 0.1) is 14.9 Å². The zero-order chi connectivity index (χ0) is 15.8. The van der Waals surface area contributed by atoms with Gasteiger partial charge in [-0.05, 0) is 35.0 Å². The van der Waals surface area contributed by atoms with Gasteiger partial charge >= 0.3 is 0 Å². The van der Waals surface area contributed by atoms with Crippen LogP contribution in [-0.2, 0) is 10.0 Å². The Morgan fingerprint density at radius 1 is 1.50 bits per heavy atom. The summed E-state index contributed by atoms with van der Waals surface area (Å²) < 4.78 is 36.6. The van der Waals surface area contributed by atoms with Crippen LogP contribution in [0.1, 0.15) is 17.3 Å². The predicted octanol–water partition coefficient (Wildman–Crippen LogP) is 1.09. The fourth-order valence-corrected chi connectivity index (χ4v) is 3.94. The van der Waals surface area contributed by atoms with E-state index in [1.807, 2.05) is 6.92 Å². The van der Waals surface area contributed by atoms with E-state index in [1.54, 1.807) is 4.90 Å². The van der Waals surface area contributed by atoms with Gasteiger partial charge in [-0.2, -0.15) is 0 Å². The molecule has 1 aliphatic rings. The second-order valence-corrected chi connectivity index (χ2v) is 7.19. The van der Waals surface area contributed by atoms with E-state index in [9.17, 15) is 17.6 Å². The molecule has 1 saturated heterocycles. The van der Waals surface area contributed by atoms with Crippen molar-refractivity contribution in [3.63, 3.8) is 0 Å². The maximum atomic E-state index is 13.6. The summed E-state index contributed by atoms with van der Waals surface area (Å²) in [7, 11) is -4.13. The summed E-state index contributed by atoms with van der Waals surface area (Å²) in [5.74, 6) is -1.26. The number of halogens is 3. The molecule has 0 radical (unpaired) electrons. The molecule has 1 aromatic rings. The molecule has 0 aliphatic carbocycles. The standard InChI is InChI=1S/C12H15BrFN3O3S.ClH/c1-7-6-16-2-3-17(7)12(18)9-4-8(14)5-10(11(9)13)21(15,19)20;/h4-5,7,16H,2-3,6H2,1H3,(H2,15,19,20);1H. The number of primary sulfonamides is 1. The second kappa shape index (κ2) is 7.22. The van der Waals surface area contributed by atoms with Crippen LogP contribution in [0.5, 0.6) is 0 Å². The van der Waals surface area contributed by atoms with Gasteiger partial charge in [0.25, 0.3) is 5.91 Å². The fourth-order valence-electron chi connectivity index (χ4n) is 2.22. The van der Waals surface area contributed by atoms with Crippen molar-refractivity contribution in [3.05, 3.63) is 28.0 Å². The molecule has 22 heavy (non-hydrogen) atoms. The Balaban J connectivity index is 0.00000242. The molecular formula is C12H16BrClFN3O3S. The number of hydrogen-bond acceptors (Lipinski definition) is 4. The predicted molar refractivity (Wildman–Crippen MR) is 86.1 cm³/mol. The van der Waals surface area contributed by atoms with Crippen molar-refractivity contribution >= 4 is 44.3 Å². The van der Waals surface area contributed by atoms with E-state index in [0.717, 1.165) is 12.1 Å². The molecule has 1 amide bonds. The van der Waals surface area contributed by atoms with Crippen molar-refractivity contribution in [1.29, 1.82) is 0 Å². The number of nitrogens with one attached hydrogen (secondary N) is 1. The minimum Gasteiger partial charge on any atom is -0.333 e. The van der Waals surface area contributed by atoms with E-state index in [2.05, 4.69) is 21.2 Å². The Bertz CT molecular complexity index is 686. The second-order valence-electron chi connectivity index (χ2n) is 4.86. The van der Waals surface area contributed by atoms with Crippen LogP contribution in [0.25, 0.3) is 0 Å². The Morgan fingerprint density at radius 3 is 2.68 bits per heavy atom. The van der Waals surface area contributed by atoms with E-state index < -0.39 is 26.6 Å². The first-order valence-corrected chi connectivity index (χ1v) is 8.59. The molecule has 1 unspecified atom stereocenters. The average Bonchev–Trinajstić information content (AvgIpc) is 2.39. The normalized spacial score (nSPS) is 18.7. The zero-order valence-electron chi connectivity index (χ0n) is 11.7. The molecule has 1 aromatic carbocycles. The summed E-state index contributed by atoms with van der Waals surface area (Å²) in [6.45, 7) is 3.58. The zero-order valence-corrected chi connectivity index (χ0v) is 14.9. The number of nitrogens with zero attached hydrogens (tertiary/aromatic N) is 1. The van der Waals surface area contributed by atoms with Gasteiger partial charge in [-0.1, -0.05) is 0 Å². The quantitative estimate of drug-likeness (QED) is 0.755. The van der Waals surface area contributed by atoms with Crippen LogP contribution in [-0.4, -0.2) is 44.9 Å². The van der Waals surface area contributed by atoms with Crippen LogP contribution in [0.15, 0.2) is 21.5 Å². The Hall–Kier alpha value is -0.740. The summed E-state index contributed by atoms with van der Waals surface area (Å²) in [6.07, 6.45) is 0. The molecule has 1 fully saturated rings. The highest BCUT2D eigenvalue weighted by molar-refractivity contribution is 9.10. The maximum Gasteiger partial charge on any atom is 0.255 e. The van der Waals surface area contributed by atoms with E-state index in [4.69, 9.17) is 5.14 Å². The molecule has 0 spiro atoms. The Kier molecular flexibility index (Phi) is 6.34. The van der Waals surface area contributed by atoms with Crippen molar-refractivity contribution in [2.45, 2.75) is 17.9 Å². The SMILES string of the molecule is CC1CNCCN1C(=O)c1cc(F)cc(S(N)(=O)=O)c1Br.Cl. The molecule has 3 N–H and O–H groups in total. The molecule has 0 bridgehead atoms. The van der Waals surface area contributed by atoms with Crippen molar-refractivity contribution < 1.29 is 17.6 Å². The van der Waals surface area contributed by atoms with Crippen LogP contribution in [0.4, 0.5) is 4.39 Å². The smallest absolute Gasteiger partial charge is 0.255 e. The van der Waals surface area contributed by atoms with Gasteiger partial charge in [0, 0.05) is 25.7 Å². The molecule has 0 saturated carbocycles. The monoisotopic (exact) mass is 415 g/mol. The first-order valence-electron chi connectivity index (χ1n) is 6.25. The van der Waals surface area contributed by atoms with Crippen LogP contribution >= 0.6 is 28.3 Å². The van der Waals surface area contributed by atoms with Gasteiger partial charge in [-0.25, -0.2) is 17.9 Å². The third kappa shape index (κ3) is 3.96. The molecule has 1 aliphatic heterocycles. The number of carbonyl (C=O) groups excluding carboxylic acids is 1. The molecule has 1 heterocycles. The largest absolute Gasteiger partial charge is 0.333 e. The fraction of sp³-hybridized carbons (Fsp3) is 0.417. The number of sulfonamides is 1. The minimum atomic E-state index is -4.13. The van der Waals surface area contributed by atoms with Gasteiger partial charge < -0.3 is 10.2 Å². The van der Waals surface area contributed by atoms with E-state index >= 15 is 0 Å². The van der Waals surface area contributed by atoms with Crippen molar-refractivity contribution in [1.82, 2.24) is 10.2 Å². The minimum absolute atomic E-state index is 0. The van der Waals surface area contributed by atoms with E-state index in [-0.39, 0.29) is 28.5 Å². The van der Waals surface area contributed by atoms with Crippen molar-refractivity contribution in [2.24, 2.45) is 5.14 Å². The summed E-state index contributed by atoms with van der Waals surface area (Å²) in [5, 5.41) is 8.18. The van der Waals surface area contributed by atoms with E-state index in [1.165, 1.54) is 0 Å². The Labute approximate surface area is 142 Å². The molecule has 124 valence electrons. The number of carbonyl (C=O) groups is 1. The van der Waals surface area contributed by atoms with Crippen LogP contribution < -0.4 is 10.5 Å². The van der Waals surface area contributed by atoms with Gasteiger partial charge in [0.1, 0.15) is 5.82 Å². The van der Waals surface area contributed by atoms with Crippen LogP contribution in [0, 0.1) is 5.82 Å². The molecule has 0 aromatic heterocycles. The lowest BCUT2D eigenvalue weighted by Crippen LogP contribution is -2.52. The van der Waals surface area contributed by atoms with Gasteiger partial charge in [-0.3, -0.25) is 4.79 Å². The molecular weight excluding hydrogens is 401 g/mol. The highest BCUT2D eigenvalue weighted by Gasteiger charge is 2.28. The highest BCUT2D eigenvalue weighted by atomic mass is 79.9. The average molecular weight is 417 g/mol. The summed E-state index contributed by atoms with van der Waals surface area (Å²) >= 11 is 3.05. The molecule has 1 atom stereocenters. The summed E-state index contributed by atoms with van der Waals surface area (Å²) in [6, 6.07) is 1.73. The topological polar surface area (TPSA) is 92.5 Å². The number of hydrogen-bond donors (Lipinski definition) is 2. The lowest BCUT2D eigenvalue weighted by molar-refractivity contribution is 0.0654. The maximum absolute atomic E-state index is 13.6. The van der Waals surface area contributed by atoms with Crippen molar-refractivity contribution in [2.75, 3.05) is 19.6 Å². The first kappa shape index (κ1) is 19.3. The highest BCUT2D eigenvalue weighted by Crippen LogP contribution is 2.28. The number of nitrogens with two attached hydrogens (primary N) is 1. The molecule has 6 nitrogen and oxygen atoms in total. The lowest BCUT2D eigenvalue weighted by atomic mass is 10.1. The van der Waals surface area contributed by atoms with Crippen LogP contribution in [0.2, 0.25) is 0 Å². The summed E-state index contributed by atoms with van der Waals surface area (Å²) in [4.78, 5) is 13.7. The number of benzene rings is 1. The third-order valence-electron chi connectivity index (χ3n) is 3.30.